The Bertz CT molecular complexity index is 641. The van der Waals surface area contributed by atoms with Crippen molar-refractivity contribution in [1.82, 2.24) is 0 Å². The second-order valence-electron chi connectivity index (χ2n) is 4.14. The first kappa shape index (κ1) is 13.7. The van der Waals surface area contributed by atoms with Crippen LogP contribution in [-0.2, 0) is 0 Å². The van der Waals surface area contributed by atoms with Gasteiger partial charge >= 0.3 is 0 Å². The molecular formula is C14H12Cl2N2O. The van der Waals surface area contributed by atoms with E-state index in [1.165, 1.54) is 0 Å². The minimum absolute atomic E-state index is 0.255. The van der Waals surface area contributed by atoms with Crippen molar-refractivity contribution in [3.8, 4) is 0 Å². The van der Waals surface area contributed by atoms with Gasteiger partial charge in [-0.05, 0) is 36.8 Å². The number of nitrogens with two attached hydrogens (primary N) is 1. The summed E-state index contributed by atoms with van der Waals surface area (Å²) in [5.41, 5.74) is 7.90. The zero-order chi connectivity index (χ0) is 14.0. The lowest BCUT2D eigenvalue weighted by Gasteiger charge is -2.10. The Balaban J connectivity index is 2.31. The van der Waals surface area contributed by atoms with Gasteiger partial charge in [-0.1, -0.05) is 35.3 Å². The first-order valence-electron chi connectivity index (χ1n) is 5.60. The number of nitrogens with one attached hydrogen (secondary N) is 1. The van der Waals surface area contributed by atoms with E-state index < -0.39 is 0 Å². The number of halogens is 2. The van der Waals surface area contributed by atoms with Crippen molar-refractivity contribution in [2.45, 2.75) is 6.92 Å². The number of rotatable bonds is 2. The second kappa shape index (κ2) is 5.51. The van der Waals surface area contributed by atoms with Crippen molar-refractivity contribution >= 4 is 40.5 Å². The molecule has 0 spiro atoms. The Morgan fingerprint density at radius 1 is 1.16 bits per heavy atom. The molecule has 3 N–H and O–H groups in total. The van der Waals surface area contributed by atoms with E-state index in [0.717, 1.165) is 5.56 Å². The van der Waals surface area contributed by atoms with Gasteiger partial charge in [-0.2, -0.15) is 0 Å². The molecule has 98 valence electrons. The van der Waals surface area contributed by atoms with Crippen molar-refractivity contribution in [2.75, 3.05) is 11.1 Å². The fourth-order valence-corrected chi connectivity index (χ4v) is 2.00. The van der Waals surface area contributed by atoms with Crippen molar-refractivity contribution in [3.05, 3.63) is 57.6 Å². The number of amides is 1. The first-order valence-corrected chi connectivity index (χ1v) is 6.36. The molecule has 0 bridgehead atoms. The van der Waals surface area contributed by atoms with Crippen LogP contribution in [0.25, 0.3) is 0 Å². The summed E-state index contributed by atoms with van der Waals surface area (Å²) in [6.45, 7) is 1.92. The summed E-state index contributed by atoms with van der Waals surface area (Å²) in [6, 6.07) is 10.3. The molecule has 0 saturated heterocycles. The number of carbonyl (C=O) groups is 1. The Labute approximate surface area is 121 Å². The Hall–Kier alpha value is -1.71. The Morgan fingerprint density at radius 3 is 2.63 bits per heavy atom. The lowest BCUT2D eigenvalue weighted by molar-refractivity contribution is 0.102. The van der Waals surface area contributed by atoms with Gasteiger partial charge < -0.3 is 11.1 Å². The number of hydrogen-bond donors (Lipinski definition) is 2. The maximum Gasteiger partial charge on any atom is 0.257 e. The fraction of sp³-hybridized carbons (Fsp3) is 0.0714. The molecule has 0 atom stereocenters. The third kappa shape index (κ3) is 3.00. The summed E-state index contributed by atoms with van der Waals surface area (Å²) < 4.78 is 0. The van der Waals surface area contributed by atoms with E-state index in [1.807, 2.05) is 13.0 Å². The highest BCUT2D eigenvalue weighted by molar-refractivity contribution is 6.35. The number of para-hydroxylation sites is 1. The van der Waals surface area contributed by atoms with E-state index in [2.05, 4.69) is 5.32 Å². The van der Waals surface area contributed by atoms with Gasteiger partial charge in [0.25, 0.3) is 5.91 Å². The maximum atomic E-state index is 12.1. The van der Waals surface area contributed by atoms with E-state index >= 15 is 0 Å². The molecule has 0 aliphatic heterocycles. The topological polar surface area (TPSA) is 55.1 Å². The van der Waals surface area contributed by atoms with E-state index in [9.17, 15) is 4.79 Å². The fourth-order valence-electron chi connectivity index (χ4n) is 1.66. The molecule has 0 aliphatic rings. The van der Waals surface area contributed by atoms with Gasteiger partial charge in [0.1, 0.15) is 0 Å². The van der Waals surface area contributed by atoms with Crippen molar-refractivity contribution in [1.29, 1.82) is 0 Å². The molecule has 0 aromatic heterocycles. The third-order valence-corrected chi connectivity index (χ3v) is 3.33. The van der Waals surface area contributed by atoms with Gasteiger partial charge in [0.15, 0.2) is 0 Å². The van der Waals surface area contributed by atoms with Crippen molar-refractivity contribution in [2.24, 2.45) is 0 Å². The summed E-state index contributed by atoms with van der Waals surface area (Å²) in [7, 11) is 0. The van der Waals surface area contributed by atoms with Gasteiger partial charge in [0.05, 0.1) is 27.0 Å². The molecule has 2 aromatic rings. The highest BCUT2D eigenvalue weighted by atomic mass is 35.5. The zero-order valence-corrected chi connectivity index (χ0v) is 11.7. The van der Waals surface area contributed by atoms with Gasteiger partial charge in [-0.3, -0.25) is 4.79 Å². The van der Waals surface area contributed by atoms with Gasteiger partial charge in [-0.25, -0.2) is 0 Å². The average molecular weight is 295 g/mol. The number of nitrogen functional groups attached to an aromatic ring is 1. The summed E-state index contributed by atoms with van der Waals surface area (Å²) in [6.07, 6.45) is 0. The van der Waals surface area contributed by atoms with Crippen LogP contribution in [0.15, 0.2) is 36.4 Å². The predicted molar refractivity (Wildman–Crippen MR) is 80.0 cm³/mol. The first-order chi connectivity index (χ1) is 8.99. The second-order valence-corrected chi connectivity index (χ2v) is 4.95. The highest BCUT2D eigenvalue weighted by Gasteiger charge is 2.13. The average Bonchev–Trinajstić information content (AvgIpc) is 2.37. The smallest absolute Gasteiger partial charge is 0.257 e. The van der Waals surface area contributed by atoms with Crippen LogP contribution in [0.1, 0.15) is 15.9 Å². The van der Waals surface area contributed by atoms with Gasteiger partial charge in [0.2, 0.25) is 0 Å². The van der Waals surface area contributed by atoms with Crippen LogP contribution in [0, 0.1) is 6.92 Å². The summed E-state index contributed by atoms with van der Waals surface area (Å²) in [5.74, 6) is -0.340. The molecule has 0 saturated carbocycles. The number of hydrogen-bond acceptors (Lipinski definition) is 2. The molecular weight excluding hydrogens is 283 g/mol. The van der Waals surface area contributed by atoms with Crippen LogP contribution >= 0.6 is 23.2 Å². The molecule has 3 nitrogen and oxygen atoms in total. The largest absolute Gasteiger partial charge is 0.397 e. The summed E-state index contributed by atoms with van der Waals surface area (Å²) in [4.78, 5) is 12.1. The molecule has 0 heterocycles. The van der Waals surface area contributed by atoms with Crippen molar-refractivity contribution in [3.63, 3.8) is 0 Å². The van der Waals surface area contributed by atoms with Crippen LogP contribution in [0.2, 0.25) is 10.0 Å². The summed E-state index contributed by atoms with van der Waals surface area (Å²) >= 11 is 11.9. The minimum Gasteiger partial charge on any atom is -0.397 e. The van der Waals surface area contributed by atoms with E-state index in [-0.39, 0.29) is 11.6 Å². The zero-order valence-electron chi connectivity index (χ0n) is 10.2. The monoisotopic (exact) mass is 294 g/mol. The molecule has 5 heteroatoms. The maximum absolute atomic E-state index is 12.1. The summed E-state index contributed by atoms with van der Waals surface area (Å²) in [5, 5.41) is 3.55. The van der Waals surface area contributed by atoms with Crippen LogP contribution in [-0.4, -0.2) is 5.91 Å². The molecule has 0 radical (unpaired) electrons. The number of aryl methyl sites for hydroxylation is 1. The number of anilines is 2. The molecule has 2 rings (SSSR count). The van der Waals surface area contributed by atoms with E-state index in [4.69, 9.17) is 28.9 Å². The van der Waals surface area contributed by atoms with Crippen LogP contribution in [0.4, 0.5) is 11.4 Å². The number of carbonyl (C=O) groups excluding carboxylic acids is 1. The third-order valence-electron chi connectivity index (χ3n) is 2.67. The lowest BCUT2D eigenvalue weighted by atomic mass is 10.1. The molecule has 0 unspecified atom stereocenters. The minimum atomic E-state index is -0.340. The Kier molecular flexibility index (Phi) is 3.98. The van der Waals surface area contributed by atoms with E-state index in [1.54, 1.807) is 30.3 Å². The van der Waals surface area contributed by atoms with Crippen LogP contribution in [0.3, 0.4) is 0 Å². The van der Waals surface area contributed by atoms with Gasteiger partial charge in [-0.15, -0.1) is 0 Å². The normalized spacial score (nSPS) is 10.3. The molecule has 1 amide bonds. The molecule has 0 aliphatic carbocycles. The standard InChI is InChI=1S/C14H12Cl2N2O/c1-8-5-6-10(15)12(7-8)18-14(19)9-3-2-4-11(16)13(9)17/h2-7H,17H2,1H3,(H,18,19). The SMILES string of the molecule is Cc1ccc(Cl)c(NC(=O)c2cccc(Cl)c2N)c1. The molecule has 19 heavy (non-hydrogen) atoms. The van der Waals surface area contributed by atoms with E-state index in [0.29, 0.717) is 21.3 Å². The highest BCUT2D eigenvalue weighted by Crippen LogP contribution is 2.26. The van der Waals surface area contributed by atoms with Crippen molar-refractivity contribution < 1.29 is 4.79 Å². The van der Waals surface area contributed by atoms with Crippen LogP contribution < -0.4 is 11.1 Å². The molecule has 2 aromatic carbocycles. The van der Waals surface area contributed by atoms with Gasteiger partial charge in [0, 0.05) is 0 Å². The lowest BCUT2D eigenvalue weighted by Crippen LogP contribution is -2.14. The molecule has 0 fully saturated rings. The van der Waals surface area contributed by atoms with Crippen LogP contribution in [0.5, 0.6) is 0 Å². The predicted octanol–water partition coefficient (Wildman–Crippen LogP) is 4.14. The number of benzene rings is 2. The quantitative estimate of drug-likeness (QED) is 0.818. The Morgan fingerprint density at radius 2 is 1.89 bits per heavy atom.